The van der Waals surface area contributed by atoms with Gasteiger partial charge in [-0.2, -0.15) is 0 Å². The second-order valence-corrected chi connectivity index (χ2v) is 9.60. The predicted octanol–water partition coefficient (Wildman–Crippen LogP) is 1.53. The molecule has 0 amide bonds. The Morgan fingerprint density at radius 2 is 2.04 bits per heavy atom. The van der Waals surface area contributed by atoms with Crippen molar-refractivity contribution >= 4 is 11.8 Å². The van der Waals surface area contributed by atoms with Crippen LogP contribution in [0.25, 0.3) is 0 Å². The highest BCUT2D eigenvalue weighted by atomic mass is 16.5. The molecule has 4 aliphatic carbocycles. The van der Waals surface area contributed by atoms with Crippen molar-refractivity contribution in [1.29, 1.82) is 0 Å². The van der Waals surface area contributed by atoms with Crippen molar-refractivity contribution in [3.63, 3.8) is 0 Å². The molecule has 0 aromatic heterocycles. The molecule has 4 aliphatic rings. The Balaban J connectivity index is 1.72. The molecule has 0 spiro atoms. The van der Waals surface area contributed by atoms with E-state index in [9.17, 15) is 24.9 Å². The first kappa shape index (κ1) is 19.8. The SMILES string of the molecule is COC(=O)[C@@H](O)[C@@]1(O)CCC2C3CCC4=CC(=O)C=C[C@]4(C)C3[C@@H](O)C[C@@]21C. The first-order valence-electron chi connectivity index (χ1n) is 10.2. The van der Waals surface area contributed by atoms with Gasteiger partial charge in [-0.15, -0.1) is 0 Å². The van der Waals surface area contributed by atoms with E-state index in [0.717, 1.165) is 18.4 Å². The highest BCUT2D eigenvalue weighted by Crippen LogP contribution is 2.67. The monoisotopic (exact) mass is 390 g/mol. The van der Waals surface area contributed by atoms with E-state index in [1.807, 2.05) is 13.0 Å². The lowest BCUT2D eigenvalue weighted by Gasteiger charge is -2.60. The smallest absolute Gasteiger partial charge is 0.337 e. The summed E-state index contributed by atoms with van der Waals surface area (Å²) in [6.45, 7) is 3.99. The molecule has 0 aromatic carbocycles. The zero-order chi connectivity index (χ0) is 20.5. The van der Waals surface area contributed by atoms with E-state index in [2.05, 4.69) is 11.7 Å². The molecule has 3 saturated carbocycles. The molecule has 0 bridgehead atoms. The maximum absolute atomic E-state index is 12.0. The number of rotatable bonds is 2. The number of aliphatic hydroxyl groups excluding tert-OH is 2. The summed E-state index contributed by atoms with van der Waals surface area (Å²) >= 11 is 0. The number of allylic oxidation sites excluding steroid dienone is 4. The van der Waals surface area contributed by atoms with E-state index < -0.39 is 29.2 Å². The summed E-state index contributed by atoms with van der Waals surface area (Å²) < 4.78 is 4.68. The van der Waals surface area contributed by atoms with Gasteiger partial charge < -0.3 is 20.1 Å². The van der Waals surface area contributed by atoms with Gasteiger partial charge in [0.05, 0.1) is 13.2 Å². The molecule has 0 aliphatic heterocycles. The van der Waals surface area contributed by atoms with Gasteiger partial charge in [0.1, 0.15) is 5.60 Å². The summed E-state index contributed by atoms with van der Waals surface area (Å²) in [6.07, 6.45) is 5.82. The van der Waals surface area contributed by atoms with Crippen LogP contribution < -0.4 is 0 Å². The largest absolute Gasteiger partial charge is 0.467 e. The van der Waals surface area contributed by atoms with E-state index in [1.165, 1.54) is 7.11 Å². The Morgan fingerprint density at radius 3 is 2.71 bits per heavy atom. The van der Waals surface area contributed by atoms with Crippen molar-refractivity contribution in [1.82, 2.24) is 0 Å². The van der Waals surface area contributed by atoms with E-state index >= 15 is 0 Å². The van der Waals surface area contributed by atoms with Crippen molar-refractivity contribution in [2.75, 3.05) is 7.11 Å². The van der Waals surface area contributed by atoms with Gasteiger partial charge in [-0.3, -0.25) is 4.79 Å². The molecule has 3 unspecified atom stereocenters. The average Bonchev–Trinajstić information content (AvgIpc) is 2.92. The number of hydrogen-bond donors (Lipinski definition) is 3. The molecule has 8 atom stereocenters. The lowest BCUT2D eigenvalue weighted by atomic mass is 9.46. The van der Waals surface area contributed by atoms with Gasteiger partial charge in [0.15, 0.2) is 11.9 Å². The normalized spacial score (nSPS) is 48.2. The average molecular weight is 390 g/mol. The van der Waals surface area contributed by atoms with Crippen LogP contribution in [0, 0.1) is 28.6 Å². The van der Waals surface area contributed by atoms with Gasteiger partial charge in [0.2, 0.25) is 0 Å². The molecule has 4 rings (SSSR count). The van der Waals surface area contributed by atoms with Gasteiger partial charge in [-0.05, 0) is 56.1 Å². The Labute approximate surface area is 165 Å². The zero-order valence-corrected chi connectivity index (χ0v) is 16.7. The Hall–Kier alpha value is -1.50. The highest BCUT2D eigenvalue weighted by Gasteiger charge is 2.68. The molecule has 6 heteroatoms. The van der Waals surface area contributed by atoms with Crippen LogP contribution in [0.5, 0.6) is 0 Å². The molecule has 0 saturated heterocycles. The van der Waals surface area contributed by atoms with Crippen molar-refractivity contribution in [3.05, 3.63) is 23.8 Å². The number of aliphatic hydroxyl groups is 3. The van der Waals surface area contributed by atoms with E-state index in [4.69, 9.17) is 0 Å². The fraction of sp³-hybridized carbons (Fsp3) is 0.727. The van der Waals surface area contributed by atoms with Crippen molar-refractivity contribution in [3.8, 4) is 0 Å². The van der Waals surface area contributed by atoms with Crippen LogP contribution >= 0.6 is 0 Å². The summed E-state index contributed by atoms with van der Waals surface area (Å²) in [5, 5.41) is 33.2. The molecule has 6 nitrogen and oxygen atoms in total. The highest BCUT2D eigenvalue weighted by molar-refractivity contribution is 6.01. The topological polar surface area (TPSA) is 104 Å². The summed E-state index contributed by atoms with van der Waals surface area (Å²) in [5.41, 5.74) is -1.70. The third kappa shape index (κ3) is 2.37. The Bertz CT molecular complexity index is 771. The minimum atomic E-state index is -1.63. The molecule has 0 heterocycles. The number of ether oxygens (including phenoxy) is 1. The quantitative estimate of drug-likeness (QED) is 0.618. The van der Waals surface area contributed by atoms with E-state index in [0.29, 0.717) is 19.3 Å². The molecular weight excluding hydrogens is 360 g/mol. The molecular formula is C22H30O6. The van der Waals surface area contributed by atoms with Crippen LogP contribution in [0.15, 0.2) is 23.8 Å². The number of carbonyl (C=O) groups is 2. The number of methoxy groups -OCH3 is 1. The Kier molecular flexibility index (Phi) is 4.42. The molecule has 28 heavy (non-hydrogen) atoms. The third-order valence-corrected chi connectivity index (χ3v) is 8.59. The van der Waals surface area contributed by atoms with Gasteiger partial charge >= 0.3 is 5.97 Å². The molecule has 3 N–H and O–H groups in total. The molecule has 3 fully saturated rings. The van der Waals surface area contributed by atoms with Crippen molar-refractivity contribution < 1.29 is 29.6 Å². The minimum absolute atomic E-state index is 0.00231. The van der Waals surface area contributed by atoms with Crippen LogP contribution in [0.3, 0.4) is 0 Å². The van der Waals surface area contributed by atoms with Crippen LogP contribution in [0.2, 0.25) is 0 Å². The van der Waals surface area contributed by atoms with Crippen LogP contribution in [-0.2, 0) is 14.3 Å². The fourth-order valence-corrected chi connectivity index (χ4v) is 7.12. The molecule has 154 valence electrons. The first-order chi connectivity index (χ1) is 13.1. The molecule has 0 aromatic rings. The number of fused-ring (bicyclic) bond motifs is 5. The second kappa shape index (κ2) is 6.25. The van der Waals surface area contributed by atoms with Crippen molar-refractivity contribution in [2.45, 2.75) is 63.8 Å². The maximum Gasteiger partial charge on any atom is 0.337 e. The lowest BCUT2D eigenvalue weighted by molar-refractivity contribution is -0.209. The summed E-state index contributed by atoms with van der Waals surface area (Å²) in [7, 11) is 1.20. The van der Waals surface area contributed by atoms with Crippen LogP contribution in [0.1, 0.15) is 46.0 Å². The minimum Gasteiger partial charge on any atom is -0.467 e. The van der Waals surface area contributed by atoms with E-state index in [1.54, 1.807) is 12.2 Å². The van der Waals surface area contributed by atoms with Gasteiger partial charge in [0.25, 0.3) is 0 Å². The van der Waals surface area contributed by atoms with Crippen molar-refractivity contribution in [2.24, 2.45) is 28.6 Å². The number of esters is 1. The standard InChI is InChI=1S/C22H30O6/c1-20-8-6-13(23)10-12(20)4-5-14-15-7-9-22(27,18(25)19(26)28-3)21(15,2)11-16(24)17(14)20/h6,8,10,14-18,24-25,27H,4-5,7,9,11H2,1-3H3/t14?,15?,16-,17?,18+,20-,21-,22-/m0/s1. The maximum atomic E-state index is 12.0. The van der Waals surface area contributed by atoms with Gasteiger partial charge in [0, 0.05) is 16.7 Å². The van der Waals surface area contributed by atoms with Gasteiger partial charge in [-0.25, -0.2) is 4.79 Å². The summed E-state index contributed by atoms with van der Waals surface area (Å²) in [5.74, 6) is -0.664. The van der Waals surface area contributed by atoms with Crippen LogP contribution in [0.4, 0.5) is 0 Å². The molecule has 0 radical (unpaired) electrons. The zero-order valence-electron chi connectivity index (χ0n) is 16.7. The lowest BCUT2D eigenvalue weighted by Crippen LogP contribution is -2.63. The number of hydrogen-bond acceptors (Lipinski definition) is 6. The van der Waals surface area contributed by atoms with Gasteiger partial charge in [-0.1, -0.05) is 25.5 Å². The summed E-state index contributed by atoms with van der Waals surface area (Å²) in [6, 6.07) is 0. The number of carbonyl (C=O) groups excluding carboxylic acids is 2. The number of ketones is 1. The van der Waals surface area contributed by atoms with E-state index in [-0.39, 0.29) is 29.0 Å². The third-order valence-electron chi connectivity index (χ3n) is 8.59. The first-order valence-corrected chi connectivity index (χ1v) is 10.2. The summed E-state index contributed by atoms with van der Waals surface area (Å²) in [4.78, 5) is 23.9. The fourth-order valence-electron chi connectivity index (χ4n) is 7.12. The predicted molar refractivity (Wildman–Crippen MR) is 101 cm³/mol. The Morgan fingerprint density at radius 1 is 1.32 bits per heavy atom. The van der Waals surface area contributed by atoms with Crippen LogP contribution in [-0.4, -0.2) is 52.0 Å². The second-order valence-electron chi connectivity index (χ2n) is 9.60.